The Balaban J connectivity index is 2.59. The normalized spacial score (nSPS) is 10.4. The van der Waals surface area contributed by atoms with Gasteiger partial charge in [0.05, 0.1) is 0 Å². The van der Waals surface area contributed by atoms with Gasteiger partial charge in [-0.15, -0.1) is 0 Å². The highest BCUT2D eigenvalue weighted by molar-refractivity contribution is 6.30. The third-order valence-electron chi connectivity index (χ3n) is 1.88. The molecule has 0 atom stereocenters. The van der Waals surface area contributed by atoms with Crippen molar-refractivity contribution in [2.75, 3.05) is 13.6 Å². The summed E-state index contributed by atoms with van der Waals surface area (Å²) >= 11 is 5.75. The lowest BCUT2D eigenvalue weighted by atomic mass is 10.1. The molecule has 0 aliphatic carbocycles. The lowest BCUT2D eigenvalue weighted by molar-refractivity contribution is 0.601. The van der Waals surface area contributed by atoms with Crippen molar-refractivity contribution in [3.05, 3.63) is 34.6 Å². The molecule has 0 aromatic heterocycles. The second kappa shape index (κ2) is 5.20. The highest BCUT2D eigenvalue weighted by atomic mass is 35.5. The second-order valence-corrected chi connectivity index (χ2v) is 3.38. The molecule has 3 heteroatoms. The van der Waals surface area contributed by atoms with Gasteiger partial charge in [-0.05, 0) is 50.2 Å². The average Bonchev–Trinajstić information content (AvgIpc) is 2.11. The summed E-state index contributed by atoms with van der Waals surface area (Å²) in [6.07, 6.45) is 1.65. The zero-order valence-corrected chi connectivity index (χ0v) is 8.37. The van der Waals surface area contributed by atoms with Crippen LogP contribution in [0.3, 0.4) is 0 Å². The van der Waals surface area contributed by atoms with Crippen molar-refractivity contribution in [2.24, 2.45) is 0 Å². The summed E-state index contributed by atoms with van der Waals surface area (Å²) in [6, 6.07) is 4.67. The van der Waals surface area contributed by atoms with E-state index in [-0.39, 0.29) is 5.82 Å². The molecule has 0 aliphatic rings. The quantitative estimate of drug-likeness (QED) is 0.739. The average molecular weight is 202 g/mol. The Hall–Kier alpha value is -0.600. The highest BCUT2D eigenvalue weighted by Gasteiger charge is 2.01. The topological polar surface area (TPSA) is 12.0 Å². The zero-order valence-electron chi connectivity index (χ0n) is 7.61. The lowest BCUT2D eigenvalue weighted by Crippen LogP contribution is -2.08. The summed E-state index contributed by atoms with van der Waals surface area (Å²) in [7, 11) is 1.88. The van der Waals surface area contributed by atoms with E-state index in [0.717, 1.165) is 19.4 Å². The molecular formula is C10H13ClFN. The molecule has 0 heterocycles. The first-order valence-electron chi connectivity index (χ1n) is 4.32. The number of rotatable bonds is 4. The molecule has 0 aliphatic heterocycles. The Kier molecular flexibility index (Phi) is 4.19. The van der Waals surface area contributed by atoms with Crippen molar-refractivity contribution >= 4 is 11.6 Å². The largest absolute Gasteiger partial charge is 0.320 e. The van der Waals surface area contributed by atoms with Crippen LogP contribution in [0.4, 0.5) is 4.39 Å². The van der Waals surface area contributed by atoms with Crippen LogP contribution < -0.4 is 5.32 Å². The summed E-state index contributed by atoms with van der Waals surface area (Å²) in [6.45, 7) is 0.895. The van der Waals surface area contributed by atoms with E-state index < -0.39 is 0 Å². The van der Waals surface area contributed by atoms with Gasteiger partial charge in [0.2, 0.25) is 0 Å². The smallest absolute Gasteiger partial charge is 0.126 e. The minimum Gasteiger partial charge on any atom is -0.320 e. The monoisotopic (exact) mass is 201 g/mol. The van der Waals surface area contributed by atoms with E-state index in [2.05, 4.69) is 5.32 Å². The molecule has 1 N–H and O–H groups in total. The van der Waals surface area contributed by atoms with Crippen LogP contribution in [-0.4, -0.2) is 13.6 Å². The first-order chi connectivity index (χ1) is 6.24. The predicted octanol–water partition coefficient (Wildman–Crippen LogP) is 2.63. The Bertz CT molecular complexity index is 276. The molecule has 0 unspecified atom stereocenters. The van der Waals surface area contributed by atoms with Crippen LogP contribution in [0.1, 0.15) is 12.0 Å². The van der Waals surface area contributed by atoms with Crippen LogP contribution in [0.2, 0.25) is 5.02 Å². The predicted molar refractivity (Wildman–Crippen MR) is 53.7 cm³/mol. The number of hydrogen-bond donors (Lipinski definition) is 1. The van der Waals surface area contributed by atoms with Crippen molar-refractivity contribution in [3.8, 4) is 0 Å². The molecule has 0 amide bonds. The van der Waals surface area contributed by atoms with E-state index in [0.29, 0.717) is 10.6 Å². The van der Waals surface area contributed by atoms with Gasteiger partial charge in [0, 0.05) is 5.02 Å². The fourth-order valence-corrected chi connectivity index (χ4v) is 1.39. The molecule has 1 rings (SSSR count). The first-order valence-corrected chi connectivity index (χ1v) is 4.70. The number of benzene rings is 1. The Morgan fingerprint density at radius 1 is 1.46 bits per heavy atom. The van der Waals surface area contributed by atoms with Crippen molar-refractivity contribution in [1.82, 2.24) is 5.32 Å². The van der Waals surface area contributed by atoms with Crippen LogP contribution >= 0.6 is 11.6 Å². The standard InChI is InChI=1S/C10H13ClFN/c1-13-6-2-3-8-7-9(11)4-5-10(8)12/h4-5,7,13H,2-3,6H2,1H3. The van der Waals surface area contributed by atoms with Gasteiger partial charge in [-0.3, -0.25) is 0 Å². The lowest BCUT2D eigenvalue weighted by Gasteiger charge is -2.03. The minimum absolute atomic E-state index is 0.166. The van der Waals surface area contributed by atoms with Gasteiger partial charge in [0.1, 0.15) is 5.82 Å². The highest BCUT2D eigenvalue weighted by Crippen LogP contribution is 2.15. The molecule has 0 bridgehead atoms. The third kappa shape index (κ3) is 3.33. The maximum absolute atomic E-state index is 13.1. The van der Waals surface area contributed by atoms with Gasteiger partial charge in [-0.25, -0.2) is 4.39 Å². The van der Waals surface area contributed by atoms with E-state index in [1.54, 1.807) is 12.1 Å². The van der Waals surface area contributed by atoms with Gasteiger partial charge < -0.3 is 5.32 Å². The Morgan fingerprint density at radius 3 is 2.92 bits per heavy atom. The van der Waals surface area contributed by atoms with Crippen molar-refractivity contribution in [2.45, 2.75) is 12.8 Å². The molecule has 0 radical (unpaired) electrons. The summed E-state index contributed by atoms with van der Waals surface area (Å²) < 4.78 is 13.1. The van der Waals surface area contributed by atoms with Crippen molar-refractivity contribution in [3.63, 3.8) is 0 Å². The first kappa shape index (κ1) is 10.5. The number of nitrogens with one attached hydrogen (secondary N) is 1. The Labute approximate surface area is 82.9 Å². The third-order valence-corrected chi connectivity index (χ3v) is 2.12. The molecule has 0 saturated carbocycles. The van der Waals surface area contributed by atoms with Gasteiger partial charge in [0.15, 0.2) is 0 Å². The maximum atomic E-state index is 13.1. The molecule has 1 aromatic rings. The zero-order chi connectivity index (χ0) is 9.68. The molecule has 0 saturated heterocycles. The summed E-state index contributed by atoms with van der Waals surface area (Å²) in [5.74, 6) is -0.166. The number of hydrogen-bond acceptors (Lipinski definition) is 1. The molecule has 0 spiro atoms. The summed E-state index contributed by atoms with van der Waals surface area (Å²) in [5, 5.41) is 3.61. The number of halogens is 2. The van der Waals surface area contributed by atoms with E-state index in [9.17, 15) is 4.39 Å². The van der Waals surface area contributed by atoms with E-state index in [1.165, 1.54) is 6.07 Å². The van der Waals surface area contributed by atoms with Gasteiger partial charge in [-0.2, -0.15) is 0 Å². The van der Waals surface area contributed by atoms with Gasteiger partial charge >= 0.3 is 0 Å². The molecule has 0 fully saturated rings. The molecule has 72 valence electrons. The SMILES string of the molecule is CNCCCc1cc(Cl)ccc1F. The summed E-state index contributed by atoms with van der Waals surface area (Å²) in [5.41, 5.74) is 0.697. The van der Waals surface area contributed by atoms with Crippen LogP contribution in [0.25, 0.3) is 0 Å². The van der Waals surface area contributed by atoms with Crippen molar-refractivity contribution in [1.29, 1.82) is 0 Å². The van der Waals surface area contributed by atoms with E-state index in [4.69, 9.17) is 11.6 Å². The molecule has 1 nitrogen and oxygen atoms in total. The second-order valence-electron chi connectivity index (χ2n) is 2.94. The van der Waals surface area contributed by atoms with Crippen LogP contribution in [0.15, 0.2) is 18.2 Å². The molecular weight excluding hydrogens is 189 g/mol. The molecule has 1 aromatic carbocycles. The minimum atomic E-state index is -0.166. The van der Waals surface area contributed by atoms with E-state index in [1.807, 2.05) is 7.05 Å². The van der Waals surface area contributed by atoms with Crippen LogP contribution in [-0.2, 0) is 6.42 Å². The van der Waals surface area contributed by atoms with Crippen LogP contribution in [0.5, 0.6) is 0 Å². The van der Waals surface area contributed by atoms with Gasteiger partial charge in [-0.1, -0.05) is 11.6 Å². The van der Waals surface area contributed by atoms with Crippen molar-refractivity contribution < 1.29 is 4.39 Å². The fraction of sp³-hybridized carbons (Fsp3) is 0.400. The summed E-state index contributed by atoms with van der Waals surface area (Å²) in [4.78, 5) is 0. The fourth-order valence-electron chi connectivity index (χ4n) is 1.19. The Morgan fingerprint density at radius 2 is 2.23 bits per heavy atom. The van der Waals surface area contributed by atoms with E-state index >= 15 is 0 Å². The maximum Gasteiger partial charge on any atom is 0.126 e. The molecule has 13 heavy (non-hydrogen) atoms. The van der Waals surface area contributed by atoms with Gasteiger partial charge in [0.25, 0.3) is 0 Å². The van der Waals surface area contributed by atoms with Crippen LogP contribution in [0, 0.1) is 5.82 Å². The number of aryl methyl sites for hydroxylation is 1.